The molecule has 2 aliphatic carbocycles. The second-order valence-electron chi connectivity index (χ2n) is 5.96. The second kappa shape index (κ2) is 3.96. The van der Waals surface area contributed by atoms with Gasteiger partial charge in [0.15, 0.2) is 0 Å². The molecule has 2 fully saturated rings. The van der Waals surface area contributed by atoms with Crippen molar-refractivity contribution in [1.29, 1.82) is 0 Å². The van der Waals surface area contributed by atoms with Gasteiger partial charge >= 0.3 is 5.97 Å². The van der Waals surface area contributed by atoms with Gasteiger partial charge in [0.05, 0.1) is 6.16 Å². The molecule has 0 amide bonds. The van der Waals surface area contributed by atoms with E-state index in [1.807, 2.05) is 13.8 Å². The first-order valence-electron chi connectivity index (χ1n) is 5.98. The molecular formula is C12H19O4P. The van der Waals surface area contributed by atoms with Crippen LogP contribution in [0.4, 0.5) is 0 Å². The van der Waals surface area contributed by atoms with E-state index in [0.717, 1.165) is 19.3 Å². The summed E-state index contributed by atoms with van der Waals surface area (Å²) in [6, 6.07) is 0. The van der Waals surface area contributed by atoms with Crippen LogP contribution in [0, 0.1) is 11.3 Å². The van der Waals surface area contributed by atoms with Crippen LogP contribution >= 0.6 is 7.37 Å². The zero-order chi connectivity index (χ0) is 12.8. The summed E-state index contributed by atoms with van der Waals surface area (Å²) >= 11 is 0. The quantitative estimate of drug-likeness (QED) is 0.586. The molecule has 2 rings (SSSR count). The molecule has 17 heavy (non-hydrogen) atoms. The van der Waals surface area contributed by atoms with Crippen LogP contribution in [0.2, 0.25) is 0 Å². The molecule has 96 valence electrons. The molecule has 2 saturated carbocycles. The Morgan fingerprint density at radius 2 is 2.00 bits per heavy atom. The van der Waals surface area contributed by atoms with Crippen molar-refractivity contribution in [3.8, 4) is 0 Å². The highest BCUT2D eigenvalue weighted by molar-refractivity contribution is 7.59. The van der Waals surface area contributed by atoms with Crippen LogP contribution in [0.5, 0.6) is 0 Å². The summed E-state index contributed by atoms with van der Waals surface area (Å²) in [5.41, 5.74) is -0.203. The molecule has 4 nitrogen and oxygen atoms in total. The predicted molar refractivity (Wildman–Crippen MR) is 65.3 cm³/mol. The van der Waals surface area contributed by atoms with E-state index >= 15 is 0 Å². The number of carboxylic acid groups (broad SMARTS) is 1. The zero-order valence-corrected chi connectivity index (χ0v) is 11.1. The number of aliphatic carboxylic acids is 1. The van der Waals surface area contributed by atoms with Crippen LogP contribution in [0.3, 0.4) is 0 Å². The van der Waals surface area contributed by atoms with E-state index in [-0.39, 0.29) is 22.8 Å². The first kappa shape index (κ1) is 12.8. The summed E-state index contributed by atoms with van der Waals surface area (Å²) in [6.07, 6.45) is 4.22. The molecule has 0 heterocycles. The maximum absolute atomic E-state index is 12.2. The summed E-state index contributed by atoms with van der Waals surface area (Å²) in [4.78, 5) is 21.0. The van der Waals surface area contributed by atoms with Crippen LogP contribution < -0.4 is 0 Å². The fourth-order valence-corrected chi connectivity index (χ4v) is 5.02. The van der Waals surface area contributed by atoms with E-state index in [9.17, 15) is 14.3 Å². The normalized spacial score (nSPS) is 30.8. The molecule has 0 radical (unpaired) electrons. The molecule has 0 aromatic carbocycles. The molecule has 0 aromatic heterocycles. The van der Waals surface area contributed by atoms with Gasteiger partial charge in [-0.15, -0.1) is 0 Å². The topological polar surface area (TPSA) is 74.6 Å². The van der Waals surface area contributed by atoms with Gasteiger partial charge in [-0.2, -0.15) is 0 Å². The summed E-state index contributed by atoms with van der Waals surface area (Å²) in [5.74, 6) is -0.738. The third-order valence-corrected chi connectivity index (χ3v) is 6.33. The number of hydrogen-bond donors (Lipinski definition) is 2. The lowest BCUT2D eigenvalue weighted by Crippen LogP contribution is -2.10. The van der Waals surface area contributed by atoms with Gasteiger partial charge < -0.3 is 10.00 Å². The summed E-state index contributed by atoms with van der Waals surface area (Å²) in [5, 5.41) is 9.05. The maximum Gasteiger partial charge on any atom is 0.331 e. The lowest BCUT2D eigenvalue weighted by atomic mass is 10.2. The maximum atomic E-state index is 12.2. The van der Waals surface area contributed by atoms with E-state index in [4.69, 9.17) is 5.11 Å². The fourth-order valence-electron chi connectivity index (χ4n) is 2.22. The largest absolute Gasteiger partial charge is 0.478 e. The lowest BCUT2D eigenvalue weighted by Gasteiger charge is -2.13. The van der Waals surface area contributed by atoms with Gasteiger partial charge in [-0.05, 0) is 30.6 Å². The van der Waals surface area contributed by atoms with Crippen molar-refractivity contribution in [1.82, 2.24) is 0 Å². The third kappa shape index (κ3) is 2.99. The Morgan fingerprint density at radius 3 is 2.35 bits per heavy atom. The van der Waals surface area contributed by atoms with Crippen LogP contribution in [0.15, 0.2) is 11.6 Å². The van der Waals surface area contributed by atoms with Crippen LogP contribution in [0.25, 0.3) is 0 Å². The van der Waals surface area contributed by atoms with Crippen molar-refractivity contribution in [2.24, 2.45) is 11.3 Å². The highest BCUT2D eigenvalue weighted by Gasteiger charge is 2.56. The predicted octanol–water partition coefficient (Wildman–Crippen LogP) is 2.48. The minimum absolute atomic E-state index is 0.104. The van der Waals surface area contributed by atoms with E-state index in [0.29, 0.717) is 5.92 Å². The molecule has 0 aromatic rings. The van der Waals surface area contributed by atoms with Gasteiger partial charge in [0.1, 0.15) is 0 Å². The van der Waals surface area contributed by atoms with Crippen molar-refractivity contribution < 1.29 is 19.4 Å². The van der Waals surface area contributed by atoms with Gasteiger partial charge in [0.2, 0.25) is 7.37 Å². The van der Waals surface area contributed by atoms with Crippen molar-refractivity contribution in [2.45, 2.75) is 38.8 Å². The van der Waals surface area contributed by atoms with Crippen molar-refractivity contribution in [3.63, 3.8) is 0 Å². The molecule has 0 spiro atoms. The molecule has 2 atom stereocenters. The molecule has 0 saturated heterocycles. The lowest BCUT2D eigenvalue weighted by molar-refractivity contribution is -0.132. The van der Waals surface area contributed by atoms with E-state index in [1.54, 1.807) is 6.08 Å². The third-order valence-electron chi connectivity index (χ3n) is 3.68. The number of carbonyl (C=O) groups is 1. The monoisotopic (exact) mass is 258 g/mol. The molecule has 0 bridgehead atoms. The number of hydrogen-bond acceptors (Lipinski definition) is 2. The van der Waals surface area contributed by atoms with Gasteiger partial charge in [-0.25, -0.2) is 4.79 Å². The minimum atomic E-state index is -3.36. The van der Waals surface area contributed by atoms with Gasteiger partial charge in [0, 0.05) is 11.2 Å². The first-order chi connectivity index (χ1) is 7.72. The molecule has 2 unspecified atom stereocenters. The van der Waals surface area contributed by atoms with E-state index in [1.165, 1.54) is 0 Å². The Hall–Kier alpha value is -0.600. The molecule has 0 aliphatic heterocycles. The zero-order valence-electron chi connectivity index (χ0n) is 10.2. The smallest absolute Gasteiger partial charge is 0.331 e. The second-order valence-corrected chi connectivity index (χ2v) is 8.41. The Labute approximate surface area is 101 Å². The standard InChI is InChI=1S/C12H19O4P/c1-12(2)6-10(12)17(15,16)7-9(11(13)14)5-8-3-4-8/h5,8,10H,3-4,6-7H2,1-2H3,(H,13,14)(H,15,16). The fraction of sp³-hybridized carbons (Fsp3) is 0.750. The molecule has 2 aliphatic rings. The average molecular weight is 258 g/mol. The average Bonchev–Trinajstić information content (AvgIpc) is 3.03. The van der Waals surface area contributed by atoms with Crippen LogP contribution in [-0.2, 0) is 9.36 Å². The molecule has 2 N–H and O–H groups in total. The summed E-state index contributed by atoms with van der Waals surface area (Å²) < 4.78 is 12.2. The van der Waals surface area contributed by atoms with Crippen molar-refractivity contribution in [3.05, 3.63) is 11.6 Å². The molecular weight excluding hydrogens is 239 g/mol. The van der Waals surface area contributed by atoms with Crippen molar-refractivity contribution >= 4 is 13.3 Å². The molecule has 5 heteroatoms. The Morgan fingerprint density at radius 1 is 1.47 bits per heavy atom. The number of allylic oxidation sites excluding steroid dienone is 1. The Kier molecular flexibility index (Phi) is 2.99. The van der Waals surface area contributed by atoms with Crippen molar-refractivity contribution in [2.75, 3.05) is 6.16 Å². The summed E-state index contributed by atoms with van der Waals surface area (Å²) in [7, 11) is -3.36. The highest BCUT2D eigenvalue weighted by atomic mass is 31.2. The Balaban J connectivity index is 2.07. The minimum Gasteiger partial charge on any atom is -0.478 e. The van der Waals surface area contributed by atoms with E-state index < -0.39 is 13.3 Å². The summed E-state index contributed by atoms with van der Waals surface area (Å²) in [6.45, 7) is 3.90. The van der Waals surface area contributed by atoms with Crippen LogP contribution in [0.1, 0.15) is 33.1 Å². The van der Waals surface area contributed by atoms with Gasteiger partial charge in [-0.1, -0.05) is 19.9 Å². The van der Waals surface area contributed by atoms with Gasteiger partial charge in [0.25, 0.3) is 0 Å². The number of carboxylic acids is 1. The first-order valence-corrected chi connectivity index (χ1v) is 7.89. The Bertz CT molecular complexity index is 420. The van der Waals surface area contributed by atoms with E-state index in [2.05, 4.69) is 0 Å². The van der Waals surface area contributed by atoms with Gasteiger partial charge in [-0.3, -0.25) is 4.57 Å². The SMILES string of the molecule is CC1(C)CC1P(=O)(O)CC(=CC1CC1)C(=O)O. The van der Waals surface area contributed by atoms with Crippen LogP contribution in [-0.4, -0.2) is 27.8 Å². The number of rotatable bonds is 5. The highest BCUT2D eigenvalue weighted by Crippen LogP contribution is 2.67.